The molecule has 1 amide bonds. The Morgan fingerprint density at radius 3 is 3.10 bits per heavy atom. The van der Waals surface area contributed by atoms with E-state index in [1.165, 1.54) is 32.1 Å². The fraction of sp³-hybridized carbons (Fsp3) is 0.733. The third kappa shape index (κ3) is 3.20. The zero-order valence-electron chi connectivity index (χ0n) is 12.0. The van der Waals surface area contributed by atoms with Gasteiger partial charge >= 0.3 is 0 Å². The van der Waals surface area contributed by atoms with Crippen molar-refractivity contribution in [3.05, 3.63) is 17.7 Å². The van der Waals surface area contributed by atoms with Gasteiger partial charge in [-0.15, -0.1) is 0 Å². The van der Waals surface area contributed by atoms with Gasteiger partial charge in [0.1, 0.15) is 0 Å². The summed E-state index contributed by atoms with van der Waals surface area (Å²) in [5.74, 6) is 1.02. The largest absolute Gasteiger partial charge is 0.355 e. The SMILES string of the molecule is O=C(NCCCC1CCCC1)C1Cc2nc[nH]c2CN1. The van der Waals surface area contributed by atoms with Crippen molar-refractivity contribution >= 4 is 5.91 Å². The number of fused-ring (bicyclic) bond motifs is 1. The van der Waals surface area contributed by atoms with E-state index in [0.29, 0.717) is 13.0 Å². The molecule has 0 aromatic carbocycles. The number of rotatable bonds is 5. The van der Waals surface area contributed by atoms with Gasteiger partial charge < -0.3 is 10.3 Å². The van der Waals surface area contributed by atoms with Crippen molar-refractivity contribution in [2.45, 2.75) is 57.5 Å². The summed E-state index contributed by atoms with van der Waals surface area (Å²) >= 11 is 0. The summed E-state index contributed by atoms with van der Waals surface area (Å²) < 4.78 is 0. The molecule has 0 saturated heterocycles. The van der Waals surface area contributed by atoms with E-state index >= 15 is 0 Å². The van der Waals surface area contributed by atoms with Crippen molar-refractivity contribution in [2.75, 3.05) is 6.54 Å². The number of amides is 1. The van der Waals surface area contributed by atoms with Gasteiger partial charge in [0.2, 0.25) is 5.91 Å². The van der Waals surface area contributed by atoms with Crippen LogP contribution in [0.3, 0.4) is 0 Å². The third-order valence-corrected chi connectivity index (χ3v) is 4.61. The molecule has 0 bridgehead atoms. The van der Waals surface area contributed by atoms with E-state index in [0.717, 1.165) is 30.3 Å². The van der Waals surface area contributed by atoms with Gasteiger partial charge in [0.05, 0.1) is 23.8 Å². The van der Waals surface area contributed by atoms with Gasteiger partial charge in [-0.1, -0.05) is 25.7 Å². The maximum absolute atomic E-state index is 12.1. The predicted octanol–water partition coefficient (Wildman–Crippen LogP) is 1.51. The Bertz CT molecular complexity index is 450. The fourth-order valence-corrected chi connectivity index (χ4v) is 3.38. The van der Waals surface area contributed by atoms with Crippen LogP contribution >= 0.6 is 0 Å². The average molecular weight is 276 g/mol. The van der Waals surface area contributed by atoms with E-state index in [4.69, 9.17) is 0 Å². The van der Waals surface area contributed by atoms with Crippen molar-refractivity contribution in [1.29, 1.82) is 0 Å². The quantitative estimate of drug-likeness (QED) is 0.714. The molecular weight excluding hydrogens is 252 g/mol. The molecule has 1 aliphatic carbocycles. The molecule has 1 atom stereocenters. The van der Waals surface area contributed by atoms with Crippen LogP contribution in [0.4, 0.5) is 0 Å². The summed E-state index contributed by atoms with van der Waals surface area (Å²) in [4.78, 5) is 19.5. The lowest BCUT2D eigenvalue weighted by Gasteiger charge is -2.22. The highest BCUT2D eigenvalue weighted by molar-refractivity contribution is 5.82. The van der Waals surface area contributed by atoms with Crippen LogP contribution in [0.1, 0.15) is 49.9 Å². The lowest BCUT2D eigenvalue weighted by molar-refractivity contribution is -0.123. The summed E-state index contributed by atoms with van der Waals surface area (Å²) in [5.41, 5.74) is 2.13. The zero-order valence-corrected chi connectivity index (χ0v) is 12.0. The number of carbonyl (C=O) groups is 1. The average Bonchev–Trinajstić information content (AvgIpc) is 3.13. The van der Waals surface area contributed by atoms with E-state index in [9.17, 15) is 4.79 Å². The second-order valence-corrected chi connectivity index (χ2v) is 6.05. The second-order valence-electron chi connectivity index (χ2n) is 6.05. The van der Waals surface area contributed by atoms with Crippen LogP contribution in [0.5, 0.6) is 0 Å². The minimum absolute atomic E-state index is 0.116. The fourth-order valence-electron chi connectivity index (χ4n) is 3.38. The van der Waals surface area contributed by atoms with E-state index in [2.05, 4.69) is 20.6 Å². The standard InChI is InChI=1S/C15H24N4O/c20-15(16-7-3-6-11-4-1-2-5-11)13-8-12-14(9-17-13)19-10-18-12/h10-11,13,17H,1-9H2,(H,16,20)(H,18,19). The number of nitrogens with zero attached hydrogens (tertiary/aromatic N) is 1. The molecule has 3 rings (SSSR count). The number of carbonyl (C=O) groups excluding carboxylic acids is 1. The predicted molar refractivity (Wildman–Crippen MR) is 77.1 cm³/mol. The van der Waals surface area contributed by atoms with Gasteiger partial charge in [-0.2, -0.15) is 0 Å². The minimum atomic E-state index is -0.128. The summed E-state index contributed by atoms with van der Waals surface area (Å²) in [5, 5.41) is 6.32. The lowest BCUT2D eigenvalue weighted by Crippen LogP contribution is -2.47. The summed E-state index contributed by atoms with van der Waals surface area (Å²) in [7, 11) is 0. The highest BCUT2D eigenvalue weighted by atomic mass is 16.2. The molecule has 1 fully saturated rings. The topological polar surface area (TPSA) is 69.8 Å². The first-order chi connectivity index (χ1) is 9.83. The van der Waals surface area contributed by atoms with E-state index in [-0.39, 0.29) is 11.9 Å². The molecule has 110 valence electrons. The van der Waals surface area contributed by atoms with Crippen molar-refractivity contribution < 1.29 is 4.79 Å². The molecule has 20 heavy (non-hydrogen) atoms. The number of hydrogen-bond acceptors (Lipinski definition) is 3. The molecule has 0 radical (unpaired) electrons. The molecule has 1 saturated carbocycles. The first-order valence-corrected chi connectivity index (χ1v) is 7.85. The van der Waals surface area contributed by atoms with Crippen molar-refractivity contribution in [1.82, 2.24) is 20.6 Å². The molecule has 3 N–H and O–H groups in total. The van der Waals surface area contributed by atoms with Crippen molar-refractivity contribution in [3.63, 3.8) is 0 Å². The Kier molecular flexibility index (Phi) is 4.35. The maximum atomic E-state index is 12.1. The summed E-state index contributed by atoms with van der Waals surface area (Å²) in [6, 6.07) is -0.128. The lowest BCUT2D eigenvalue weighted by atomic mass is 10.0. The highest BCUT2D eigenvalue weighted by Gasteiger charge is 2.25. The van der Waals surface area contributed by atoms with Crippen molar-refractivity contribution in [2.24, 2.45) is 5.92 Å². The molecule has 2 heterocycles. The van der Waals surface area contributed by atoms with Crippen LogP contribution in [0, 0.1) is 5.92 Å². The van der Waals surface area contributed by atoms with E-state index in [1.54, 1.807) is 6.33 Å². The van der Waals surface area contributed by atoms with Gasteiger partial charge in [-0.3, -0.25) is 10.1 Å². The number of aromatic nitrogens is 2. The Labute approximate surface area is 119 Å². The van der Waals surface area contributed by atoms with Crippen LogP contribution < -0.4 is 10.6 Å². The van der Waals surface area contributed by atoms with Crippen molar-refractivity contribution in [3.8, 4) is 0 Å². The molecule has 1 aliphatic heterocycles. The van der Waals surface area contributed by atoms with Crippen LogP contribution in [0.2, 0.25) is 0 Å². The number of aromatic amines is 1. The minimum Gasteiger partial charge on any atom is -0.355 e. The van der Waals surface area contributed by atoms with E-state index < -0.39 is 0 Å². The third-order valence-electron chi connectivity index (χ3n) is 4.61. The number of nitrogens with one attached hydrogen (secondary N) is 3. The Balaban J connectivity index is 1.37. The van der Waals surface area contributed by atoms with Crippen LogP contribution in [0.25, 0.3) is 0 Å². The summed E-state index contributed by atoms with van der Waals surface area (Å²) in [6.07, 6.45) is 10.3. The molecular formula is C15H24N4O. The maximum Gasteiger partial charge on any atom is 0.237 e. The monoisotopic (exact) mass is 276 g/mol. The van der Waals surface area contributed by atoms with Crippen LogP contribution in [-0.4, -0.2) is 28.5 Å². The van der Waals surface area contributed by atoms with Gasteiger partial charge in [-0.25, -0.2) is 4.98 Å². The molecule has 1 aromatic heterocycles. The highest BCUT2D eigenvalue weighted by Crippen LogP contribution is 2.28. The molecule has 1 unspecified atom stereocenters. The first kappa shape index (κ1) is 13.6. The second kappa shape index (κ2) is 6.39. The molecule has 0 spiro atoms. The number of imidazole rings is 1. The van der Waals surface area contributed by atoms with E-state index in [1.807, 2.05) is 0 Å². The number of H-pyrrole nitrogens is 1. The first-order valence-electron chi connectivity index (χ1n) is 7.85. The van der Waals surface area contributed by atoms with Gasteiger partial charge in [-0.05, 0) is 18.8 Å². The van der Waals surface area contributed by atoms with Gasteiger partial charge in [0.25, 0.3) is 0 Å². The Morgan fingerprint density at radius 2 is 2.25 bits per heavy atom. The Morgan fingerprint density at radius 1 is 1.40 bits per heavy atom. The van der Waals surface area contributed by atoms with Crippen LogP contribution in [-0.2, 0) is 17.8 Å². The van der Waals surface area contributed by atoms with Gasteiger partial charge in [0.15, 0.2) is 0 Å². The van der Waals surface area contributed by atoms with Crippen LogP contribution in [0.15, 0.2) is 6.33 Å². The molecule has 2 aliphatic rings. The number of hydrogen-bond donors (Lipinski definition) is 3. The Hall–Kier alpha value is -1.36. The molecule has 5 heteroatoms. The van der Waals surface area contributed by atoms with Gasteiger partial charge in [0, 0.05) is 19.5 Å². The normalized spacial score (nSPS) is 22.7. The smallest absolute Gasteiger partial charge is 0.237 e. The zero-order chi connectivity index (χ0) is 13.8. The molecule has 5 nitrogen and oxygen atoms in total. The summed E-state index contributed by atoms with van der Waals surface area (Å²) in [6.45, 7) is 1.51. The molecule has 1 aromatic rings.